The van der Waals surface area contributed by atoms with Crippen molar-refractivity contribution in [3.8, 4) is 5.75 Å². The van der Waals surface area contributed by atoms with E-state index >= 15 is 0 Å². The Morgan fingerprint density at radius 1 is 1.33 bits per heavy atom. The van der Waals surface area contributed by atoms with Crippen molar-refractivity contribution >= 4 is 35.8 Å². The molecule has 3 rings (SSSR count). The molecule has 0 aromatic heterocycles. The third kappa shape index (κ3) is 7.99. The van der Waals surface area contributed by atoms with Gasteiger partial charge in [0.25, 0.3) is 5.91 Å². The van der Waals surface area contributed by atoms with Crippen molar-refractivity contribution in [3.05, 3.63) is 75.2 Å². The summed E-state index contributed by atoms with van der Waals surface area (Å²) in [5, 5.41) is 3.77. The molecule has 1 aliphatic heterocycles. The predicted octanol–water partition coefficient (Wildman–Crippen LogP) is 6.00. The molecule has 0 unspecified atom stereocenters. The largest absolute Gasteiger partial charge is 0.482 e. The number of aliphatic imine (C=N–C) groups is 1. The second-order valence-electron chi connectivity index (χ2n) is 9.19. The zero-order valence-corrected chi connectivity index (χ0v) is 22.9. The standard InChI is InChI=1S/C28H36Cl2N4O2/c1-5-13-33(4)24-11-14-34(15-12-24)27(31-3)16-20(2)21-7-6-8-23(17-21)32-28(35)19-36-26-10-9-22(29)18-25(26)30/h6,8-10,16-18,24H,3,5,7,11-15,19H2,1-2,4H3,(H,32,35)/b21-20+,27-16+. The Kier molecular flexibility index (Phi) is 10.7. The van der Waals surface area contributed by atoms with E-state index < -0.39 is 0 Å². The van der Waals surface area contributed by atoms with Gasteiger partial charge in [-0.2, -0.15) is 0 Å². The third-order valence-corrected chi connectivity index (χ3v) is 7.03. The van der Waals surface area contributed by atoms with Gasteiger partial charge in [-0.1, -0.05) is 36.2 Å². The molecule has 1 aromatic rings. The van der Waals surface area contributed by atoms with Crippen molar-refractivity contribution in [3.63, 3.8) is 0 Å². The number of nitrogens with zero attached hydrogens (tertiary/aromatic N) is 3. The van der Waals surface area contributed by atoms with Crippen molar-refractivity contribution < 1.29 is 9.53 Å². The molecular weight excluding hydrogens is 495 g/mol. The smallest absolute Gasteiger partial charge is 0.262 e. The van der Waals surface area contributed by atoms with Crippen LogP contribution in [0.5, 0.6) is 5.75 Å². The van der Waals surface area contributed by atoms with Crippen molar-refractivity contribution in [2.24, 2.45) is 4.99 Å². The van der Waals surface area contributed by atoms with E-state index in [1.165, 1.54) is 6.42 Å². The SMILES string of the molecule is C=N/C(=C\C(C)=C1\C=C(NC(=O)COc2ccc(Cl)cc2Cl)C=CC1)N1CCC(N(C)CCC)CC1. The number of piperidine rings is 1. The average Bonchev–Trinajstić information content (AvgIpc) is 2.87. The van der Waals surface area contributed by atoms with E-state index in [4.69, 9.17) is 27.9 Å². The van der Waals surface area contributed by atoms with Gasteiger partial charge in [-0.25, -0.2) is 4.99 Å². The van der Waals surface area contributed by atoms with E-state index in [0.29, 0.717) is 27.5 Å². The molecule has 6 nitrogen and oxygen atoms in total. The normalized spacial score (nSPS) is 18.2. The first kappa shape index (κ1) is 28.0. The molecule has 1 N–H and O–H groups in total. The van der Waals surface area contributed by atoms with Gasteiger partial charge in [0.05, 0.1) is 5.02 Å². The maximum Gasteiger partial charge on any atom is 0.262 e. The number of carbonyl (C=O) groups is 1. The van der Waals surface area contributed by atoms with Crippen molar-refractivity contribution in [2.45, 2.75) is 45.6 Å². The molecule has 0 radical (unpaired) electrons. The lowest BCUT2D eigenvalue weighted by atomic mass is 9.99. The summed E-state index contributed by atoms with van der Waals surface area (Å²) in [5.41, 5.74) is 2.93. The number of ether oxygens (including phenoxy) is 1. The van der Waals surface area contributed by atoms with Crippen LogP contribution in [0.3, 0.4) is 0 Å². The summed E-state index contributed by atoms with van der Waals surface area (Å²) in [6, 6.07) is 5.52. The van der Waals surface area contributed by atoms with Crippen LogP contribution in [0.2, 0.25) is 10.0 Å². The van der Waals surface area contributed by atoms with Crippen LogP contribution in [-0.2, 0) is 4.79 Å². The second kappa shape index (κ2) is 13.7. The number of hydrogen-bond acceptors (Lipinski definition) is 5. The Bertz CT molecular complexity index is 1070. The topological polar surface area (TPSA) is 57.2 Å². The minimum absolute atomic E-state index is 0.154. The molecule has 0 bridgehead atoms. The van der Waals surface area contributed by atoms with E-state index in [9.17, 15) is 4.79 Å². The Morgan fingerprint density at radius 3 is 2.75 bits per heavy atom. The number of hydrogen-bond donors (Lipinski definition) is 1. The van der Waals surface area contributed by atoms with E-state index in [1.54, 1.807) is 18.2 Å². The number of rotatable bonds is 10. The van der Waals surface area contributed by atoms with Crippen LogP contribution in [0.25, 0.3) is 0 Å². The van der Waals surface area contributed by atoms with Gasteiger partial charge < -0.3 is 19.9 Å². The fourth-order valence-electron chi connectivity index (χ4n) is 4.49. The molecule has 1 fully saturated rings. The molecule has 0 saturated carbocycles. The van der Waals surface area contributed by atoms with Gasteiger partial charge in [0.1, 0.15) is 11.6 Å². The zero-order chi connectivity index (χ0) is 26.1. The number of benzene rings is 1. The number of likely N-dealkylation sites (tertiary alicyclic amines) is 1. The van der Waals surface area contributed by atoms with E-state index in [-0.39, 0.29) is 12.5 Å². The maximum atomic E-state index is 12.4. The van der Waals surface area contributed by atoms with Gasteiger partial charge in [0, 0.05) is 29.9 Å². The predicted molar refractivity (Wildman–Crippen MR) is 150 cm³/mol. The highest BCUT2D eigenvalue weighted by Gasteiger charge is 2.23. The molecule has 1 aliphatic carbocycles. The van der Waals surface area contributed by atoms with Gasteiger partial charge in [0.2, 0.25) is 0 Å². The van der Waals surface area contributed by atoms with Crippen molar-refractivity contribution in [1.29, 1.82) is 0 Å². The van der Waals surface area contributed by atoms with Crippen molar-refractivity contribution in [1.82, 2.24) is 15.1 Å². The highest BCUT2D eigenvalue weighted by atomic mass is 35.5. The summed E-state index contributed by atoms with van der Waals surface area (Å²) in [5.74, 6) is 1.05. The Balaban J connectivity index is 1.60. The summed E-state index contributed by atoms with van der Waals surface area (Å²) in [7, 11) is 2.22. The minimum atomic E-state index is -0.268. The molecular formula is C28H36Cl2N4O2. The summed E-state index contributed by atoms with van der Waals surface area (Å²) >= 11 is 12.0. The number of halogens is 2. The Hall–Kier alpha value is -2.54. The molecule has 1 heterocycles. The quantitative estimate of drug-likeness (QED) is 0.377. The van der Waals surface area contributed by atoms with Gasteiger partial charge in [-0.15, -0.1) is 0 Å². The molecule has 1 saturated heterocycles. The summed E-state index contributed by atoms with van der Waals surface area (Å²) < 4.78 is 5.54. The van der Waals surface area contributed by atoms with Gasteiger partial charge in [-0.3, -0.25) is 4.79 Å². The van der Waals surface area contributed by atoms with Crippen LogP contribution in [0, 0.1) is 0 Å². The first-order chi connectivity index (χ1) is 17.3. The average molecular weight is 532 g/mol. The molecule has 8 heteroatoms. The molecule has 0 atom stereocenters. The summed E-state index contributed by atoms with van der Waals surface area (Å²) in [6.45, 7) is 11.0. The minimum Gasteiger partial charge on any atom is -0.482 e. The first-order valence-corrected chi connectivity index (χ1v) is 13.2. The highest BCUT2D eigenvalue weighted by molar-refractivity contribution is 6.35. The first-order valence-electron chi connectivity index (χ1n) is 12.4. The van der Waals surface area contributed by atoms with Gasteiger partial charge in [-0.05, 0) is 100 Å². The van der Waals surface area contributed by atoms with Crippen LogP contribution in [0.15, 0.2) is 70.2 Å². The van der Waals surface area contributed by atoms with Crippen LogP contribution in [0.1, 0.15) is 39.5 Å². The van der Waals surface area contributed by atoms with Crippen LogP contribution in [-0.4, -0.2) is 61.8 Å². The van der Waals surface area contributed by atoms with E-state index in [2.05, 4.69) is 53.8 Å². The van der Waals surface area contributed by atoms with Crippen LogP contribution < -0.4 is 10.1 Å². The number of amides is 1. The van der Waals surface area contributed by atoms with Gasteiger partial charge >= 0.3 is 0 Å². The molecule has 2 aliphatic rings. The monoisotopic (exact) mass is 530 g/mol. The number of allylic oxidation sites excluding steroid dienone is 6. The lowest BCUT2D eigenvalue weighted by Gasteiger charge is -2.37. The molecule has 1 amide bonds. The van der Waals surface area contributed by atoms with Crippen LogP contribution >= 0.6 is 23.2 Å². The zero-order valence-electron chi connectivity index (χ0n) is 21.4. The maximum absolute atomic E-state index is 12.4. The highest BCUT2D eigenvalue weighted by Crippen LogP contribution is 2.27. The molecule has 36 heavy (non-hydrogen) atoms. The molecule has 1 aromatic carbocycles. The fourth-order valence-corrected chi connectivity index (χ4v) is 4.95. The summed E-state index contributed by atoms with van der Waals surface area (Å²) in [4.78, 5) is 21.6. The van der Waals surface area contributed by atoms with E-state index in [1.807, 2.05) is 18.2 Å². The second-order valence-corrected chi connectivity index (χ2v) is 10.0. The van der Waals surface area contributed by atoms with Crippen LogP contribution in [0.4, 0.5) is 0 Å². The molecule has 0 spiro atoms. The van der Waals surface area contributed by atoms with E-state index in [0.717, 1.165) is 55.9 Å². The Morgan fingerprint density at radius 2 is 2.08 bits per heavy atom. The lowest BCUT2D eigenvalue weighted by molar-refractivity contribution is -0.122. The lowest BCUT2D eigenvalue weighted by Crippen LogP contribution is -2.43. The molecule has 194 valence electrons. The number of nitrogens with one attached hydrogen (secondary N) is 1. The fraction of sp³-hybridized carbons (Fsp3) is 0.429. The number of carbonyl (C=O) groups excluding carboxylic acids is 1. The van der Waals surface area contributed by atoms with Crippen molar-refractivity contribution in [2.75, 3.05) is 33.3 Å². The Labute approximate surface area is 225 Å². The third-order valence-electron chi connectivity index (χ3n) is 6.50. The summed E-state index contributed by atoms with van der Waals surface area (Å²) in [6.07, 6.45) is 12.2. The van der Waals surface area contributed by atoms with Gasteiger partial charge in [0.15, 0.2) is 6.61 Å².